The molecule has 3 atom stereocenters. The van der Waals surface area contributed by atoms with E-state index in [1.165, 1.54) is 0 Å². The van der Waals surface area contributed by atoms with E-state index in [1.807, 2.05) is 17.0 Å². The second-order valence-corrected chi connectivity index (χ2v) is 7.19. The van der Waals surface area contributed by atoms with Crippen molar-refractivity contribution in [1.82, 2.24) is 10.2 Å². The monoisotopic (exact) mass is 402 g/mol. The maximum Gasteiger partial charge on any atom is 0.225 e. The van der Waals surface area contributed by atoms with E-state index < -0.39 is 0 Å². The minimum atomic E-state index is -0.00932. The van der Waals surface area contributed by atoms with Gasteiger partial charge in [-0.3, -0.25) is 4.79 Å². The summed E-state index contributed by atoms with van der Waals surface area (Å²) < 4.78 is 6.93. The molecular weight excluding hydrogens is 380 g/mol. The van der Waals surface area contributed by atoms with Crippen LogP contribution in [-0.2, 0) is 9.53 Å². The molecule has 2 aliphatic heterocycles. The molecule has 2 saturated heterocycles. The second-order valence-electron chi connectivity index (χ2n) is 6.27. The standard InChI is InChI=1S/C17H23BrN2O2.ClH/c1-12-10-14(6-7-19-12)17(21)20-8-9-22-16(11-20)13-2-4-15(18)5-3-13;/h2-5,12,14,16,19H,6-11H2,1H3;1H/t12-,14-,16?;/m0./s1. The van der Waals surface area contributed by atoms with Crippen LogP contribution in [0.5, 0.6) is 0 Å². The number of carbonyl (C=O) groups is 1. The molecule has 1 aromatic carbocycles. The van der Waals surface area contributed by atoms with E-state index in [0.29, 0.717) is 31.6 Å². The number of nitrogens with one attached hydrogen (secondary N) is 1. The van der Waals surface area contributed by atoms with E-state index in [2.05, 4.69) is 40.3 Å². The van der Waals surface area contributed by atoms with Crippen molar-refractivity contribution in [2.75, 3.05) is 26.2 Å². The smallest absolute Gasteiger partial charge is 0.225 e. The number of benzene rings is 1. The van der Waals surface area contributed by atoms with Crippen LogP contribution >= 0.6 is 28.3 Å². The zero-order valence-electron chi connectivity index (χ0n) is 13.3. The molecule has 0 aliphatic carbocycles. The SMILES string of the molecule is C[C@H]1C[C@@H](C(=O)N2CCOC(c3ccc(Br)cc3)C2)CCN1.Cl. The quantitative estimate of drug-likeness (QED) is 0.825. The van der Waals surface area contributed by atoms with E-state index >= 15 is 0 Å². The van der Waals surface area contributed by atoms with Gasteiger partial charge in [-0.15, -0.1) is 12.4 Å². The Morgan fingerprint density at radius 1 is 1.35 bits per heavy atom. The largest absolute Gasteiger partial charge is 0.370 e. The summed E-state index contributed by atoms with van der Waals surface area (Å²) in [6.07, 6.45) is 1.88. The number of hydrogen-bond donors (Lipinski definition) is 1. The van der Waals surface area contributed by atoms with Crippen LogP contribution in [-0.4, -0.2) is 43.1 Å². The molecular formula is C17H24BrClN2O2. The highest BCUT2D eigenvalue weighted by Gasteiger charge is 2.32. The number of amides is 1. The second kappa shape index (κ2) is 8.47. The van der Waals surface area contributed by atoms with Gasteiger partial charge in [0.15, 0.2) is 0 Å². The molecule has 23 heavy (non-hydrogen) atoms. The van der Waals surface area contributed by atoms with Crippen LogP contribution in [0.1, 0.15) is 31.4 Å². The number of nitrogens with zero attached hydrogens (tertiary/aromatic N) is 1. The summed E-state index contributed by atoms with van der Waals surface area (Å²) in [5.74, 6) is 0.471. The maximum atomic E-state index is 12.8. The van der Waals surface area contributed by atoms with Crippen molar-refractivity contribution < 1.29 is 9.53 Å². The molecule has 1 amide bonds. The lowest BCUT2D eigenvalue weighted by Crippen LogP contribution is -2.48. The number of halogens is 2. The Morgan fingerprint density at radius 2 is 2.09 bits per heavy atom. The molecule has 0 spiro atoms. The molecule has 0 aromatic heterocycles. The lowest BCUT2D eigenvalue weighted by atomic mass is 9.91. The van der Waals surface area contributed by atoms with Gasteiger partial charge in [0.25, 0.3) is 0 Å². The first-order chi connectivity index (χ1) is 10.6. The van der Waals surface area contributed by atoms with Gasteiger partial charge in [0.2, 0.25) is 5.91 Å². The number of ether oxygens (including phenoxy) is 1. The van der Waals surface area contributed by atoms with Crippen molar-refractivity contribution in [1.29, 1.82) is 0 Å². The van der Waals surface area contributed by atoms with Crippen LogP contribution < -0.4 is 5.32 Å². The topological polar surface area (TPSA) is 41.6 Å². The van der Waals surface area contributed by atoms with Gasteiger partial charge in [-0.05, 0) is 44.0 Å². The van der Waals surface area contributed by atoms with Crippen LogP contribution in [0.15, 0.2) is 28.7 Å². The molecule has 3 rings (SSSR count). The van der Waals surface area contributed by atoms with Gasteiger partial charge >= 0.3 is 0 Å². The molecule has 2 heterocycles. The van der Waals surface area contributed by atoms with Gasteiger partial charge in [-0.1, -0.05) is 28.1 Å². The predicted octanol–water partition coefficient (Wildman–Crippen LogP) is 3.16. The van der Waals surface area contributed by atoms with Crippen LogP contribution in [0, 0.1) is 5.92 Å². The Balaban J connectivity index is 0.00000192. The van der Waals surface area contributed by atoms with Crippen molar-refractivity contribution in [3.63, 3.8) is 0 Å². The van der Waals surface area contributed by atoms with Crippen molar-refractivity contribution in [3.8, 4) is 0 Å². The Kier molecular flexibility index (Phi) is 6.89. The Labute approximate surface area is 152 Å². The number of rotatable bonds is 2. The van der Waals surface area contributed by atoms with E-state index in [1.54, 1.807) is 0 Å². The van der Waals surface area contributed by atoms with Crippen molar-refractivity contribution in [3.05, 3.63) is 34.3 Å². The number of morpholine rings is 1. The molecule has 128 valence electrons. The van der Waals surface area contributed by atoms with Crippen molar-refractivity contribution >= 4 is 34.2 Å². The molecule has 2 aliphatic rings. The van der Waals surface area contributed by atoms with Crippen LogP contribution in [0.3, 0.4) is 0 Å². The molecule has 1 unspecified atom stereocenters. The fourth-order valence-electron chi connectivity index (χ4n) is 3.34. The lowest BCUT2D eigenvalue weighted by molar-refractivity contribution is -0.144. The van der Waals surface area contributed by atoms with Crippen molar-refractivity contribution in [2.24, 2.45) is 5.92 Å². The fraction of sp³-hybridized carbons (Fsp3) is 0.588. The van der Waals surface area contributed by atoms with E-state index in [0.717, 1.165) is 29.4 Å². The first-order valence-corrected chi connectivity index (χ1v) is 8.82. The average molecular weight is 404 g/mol. The highest BCUT2D eigenvalue weighted by atomic mass is 79.9. The predicted molar refractivity (Wildman–Crippen MR) is 96.9 cm³/mol. The maximum absolute atomic E-state index is 12.8. The molecule has 0 saturated carbocycles. The zero-order valence-corrected chi connectivity index (χ0v) is 15.7. The summed E-state index contributed by atoms with van der Waals surface area (Å²) in [6.45, 7) is 5.09. The van der Waals surface area contributed by atoms with Crippen LogP contribution in [0.4, 0.5) is 0 Å². The average Bonchev–Trinajstić information content (AvgIpc) is 2.55. The summed E-state index contributed by atoms with van der Waals surface area (Å²) in [5, 5.41) is 3.41. The normalized spacial score (nSPS) is 28.1. The lowest BCUT2D eigenvalue weighted by Gasteiger charge is -2.37. The highest BCUT2D eigenvalue weighted by molar-refractivity contribution is 9.10. The van der Waals surface area contributed by atoms with Gasteiger partial charge in [0.1, 0.15) is 6.10 Å². The minimum absolute atomic E-state index is 0. The summed E-state index contributed by atoms with van der Waals surface area (Å²) in [5.41, 5.74) is 1.14. The van der Waals surface area contributed by atoms with Gasteiger partial charge in [-0.2, -0.15) is 0 Å². The third kappa shape index (κ3) is 4.69. The van der Waals surface area contributed by atoms with Gasteiger partial charge < -0.3 is 15.0 Å². The Hall–Kier alpha value is -0.620. The molecule has 1 N–H and O–H groups in total. The number of piperidine rings is 1. The Bertz CT molecular complexity index is 526. The summed E-state index contributed by atoms with van der Waals surface area (Å²) in [6, 6.07) is 8.61. The molecule has 0 radical (unpaired) electrons. The van der Waals surface area contributed by atoms with E-state index in [-0.39, 0.29) is 24.4 Å². The molecule has 6 heteroatoms. The van der Waals surface area contributed by atoms with Gasteiger partial charge in [-0.25, -0.2) is 0 Å². The van der Waals surface area contributed by atoms with Gasteiger partial charge in [0.05, 0.1) is 13.2 Å². The summed E-state index contributed by atoms with van der Waals surface area (Å²) in [4.78, 5) is 14.8. The number of carbonyl (C=O) groups excluding carboxylic acids is 1. The van der Waals surface area contributed by atoms with Crippen molar-refractivity contribution in [2.45, 2.75) is 31.9 Å². The third-order valence-corrected chi connectivity index (χ3v) is 5.12. The summed E-state index contributed by atoms with van der Waals surface area (Å²) >= 11 is 3.45. The first kappa shape index (κ1) is 18.7. The summed E-state index contributed by atoms with van der Waals surface area (Å²) in [7, 11) is 0. The van der Waals surface area contributed by atoms with Crippen LogP contribution in [0.25, 0.3) is 0 Å². The third-order valence-electron chi connectivity index (χ3n) is 4.59. The Morgan fingerprint density at radius 3 is 2.78 bits per heavy atom. The molecule has 1 aromatic rings. The van der Waals surface area contributed by atoms with E-state index in [9.17, 15) is 4.79 Å². The molecule has 2 fully saturated rings. The van der Waals surface area contributed by atoms with E-state index in [4.69, 9.17) is 4.74 Å². The number of hydrogen-bond acceptors (Lipinski definition) is 3. The first-order valence-electron chi connectivity index (χ1n) is 8.02. The van der Waals surface area contributed by atoms with Crippen LogP contribution in [0.2, 0.25) is 0 Å². The zero-order chi connectivity index (χ0) is 15.5. The molecule has 0 bridgehead atoms. The highest BCUT2D eigenvalue weighted by Crippen LogP contribution is 2.26. The molecule has 4 nitrogen and oxygen atoms in total. The minimum Gasteiger partial charge on any atom is -0.370 e. The fourth-order valence-corrected chi connectivity index (χ4v) is 3.61. The van der Waals surface area contributed by atoms with Gasteiger partial charge in [0, 0.05) is 23.0 Å².